The number of esters is 1. The van der Waals surface area contributed by atoms with Crippen LogP contribution in [0.1, 0.15) is 39.2 Å². The van der Waals surface area contributed by atoms with Gasteiger partial charge in [-0.15, -0.1) is 0 Å². The maximum atomic E-state index is 11.7. The van der Waals surface area contributed by atoms with Crippen molar-refractivity contribution in [3.63, 3.8) is 0 Å². The average Bonchev–Trinajstić information content (AvgIpc) is 2.38. The van der Waals surface area contributed by atoms with E-state index < -0.39 is 0 Å². The van der Waals surface area contributed by atoms with E-state index in [0.717, 1.165) is 12.0 Å². The third-order valence-electron chi connectivity index (χ3n) is 2.84. The number of carbonyl (C=O) groups excluding carboxylic acids is 1. The second-order valence-corrected chi connectivity index (χ2v) is 5.31. The van der Waals surface area contributed by atoms with Gasteiger partial charge in [-0.1, -0.05) is 56.3 Å². The predicted octanol–water partition coefficient (Wildman–Crippen LogP) is 4.67. The Morgan fingerprint density at radius 2 is 1.95 bits per heavy atom. The van der Waals surface area contributed by atoms with E-state index in [9.17, 15) is 4.79 Å². The molecule has 0 aliphatic heterocycles. The van der Waals surface area contributed by atoms with E-state index in [-0.39, 0.29) is 5.97 Å². The molecule has 0 saturated carbocycles. The summed E-state index contributed by atoms with van der Waals surface area (Å²) in [6, 6.07) is 9.62. The van der Waals surface area contributed by atoms with E-state index in [1.807, 2.05) is 42.5 Å². The highest BCUT2D eigenvalue weighted by Crippen LogP contribution is 2.06. The minimum absolute atomic E-state index is 0.222. The lowest BCUT2D eigenvalue weighted by atomic mass is 10.1. The number of benzene rings is 1. The van der Waals surface area contributed by atoms with Crippen LogP contribution in [0.5, 0.6) is 0 Å². The molecule has 20 heavy (non-hydrogen) atoms. The molecule has 0 fully saturated rings. The van der Waals surface area contributed by atoms with E-state index in [0.29, 0.717) is 18.1 Å². The van der Waals surface area contributed by atoms with Crippen LogP contribution in [-0.4, -0.2) is 5.97 Å². The Kier molecular flexibility index (Phi) is 7.41. The van der Waals surface area contributed by atoms with Crippen LogP contribution in [0.25, 0.3) is 0 Å². The molecular weight excluding hydrogens is 248 g/mol. The maximum absolute atomic E-state index is 11.7. The zero-order valence-corrected chi connectivity index (χ0v) is 12.6. The molecular formula is C18H24O2. The Morgan fingerprint density at radius 1 is 1.25 bits per heavy atom. The van der Waals surface area contributed by atoms with E-state index in [1.54, 1.807) is 6.92 Å². The molecule has 0 N–H and O–H groups in total. The van der Waals surface area contributed by atoms with Crippen molar-refractivity contribution in [2.45, 2.75) is 40.0 Å². The van der Waals surface area contributed by atoms with Crippen LogP contribution in [0, 0.1) is 5.92 Å². The highest BCUT2D eigenvalue weighted by molar-refractivity contribution is 5.73. The summed E-state index contributed by atoms with van der Waals surface area (Å²) in [6.07, 6.45) is 8.44. The van der Waals surface area contributed by atoms with Gasteiger partial charge in [-0.05, 0) is 37.3 Å². The molecule has 1 rings (SSSR count). The molecule has 108 valence electrons. The fourth-order valence-electron chi connectivity index (χ4n) is 1.74. The second kappa shape index (κ2) is 9.13. The van der Waals surface area contributed by atoms with Gasteiger partial charge in [0.1, 0.15) is 5.76 Å². The first kappa shape index (κ1) is 16.2. The molecule has 0 radical (unpaired) electrons. The van der Waals surface area contributed by atoms with Crippen LogP contribution >= 0.6 is 0 Å². The van der Waals surface area contributed by atoms with Gasteiger partial charge in [-0.2, -0.15) is 0 Å². The lowest BCUT2D eigenvalue weighted by Gasteiger charge is -2.03. The normalized spacial score (nSPS) is 12.1. The lowest BCUT2D eigenvalue weighted by molar-refractivity contribution is -0.138. The van der Waals surface area contributed by atoms with Crippen molar-refractivity contribution in [1.82, 2.24) is 0 Å². The van der Waals surface area contributed by atoms with Gasteiger partial charge in [0, 0.05) is 0 Å². The predicted molar refractivity (Wildman–Crippen MR) is 83.2 cm³/mol. The molecule has 0 aliphatic rings. The molecule has 0 unspecified atom stereocenters. The standard InChI is InChI=1S/C18H24O2/c1-15(2)10-6-4-7-11-16(3)20-18(19)14-17-12-8-5-9-13-17/h4-5,7-9,11-13,15H,6,10,14H2,1-3H3/b7-4+,16-11+. The van der Waals surface area contributed by atoms with Gasteiger partial charge in [0.15, 0.2) is 0 Å². The van der Waals surface area contributed by atoms with Crippen LogP contribution in [0.3, 0.4) is 0 Å². The van der Waals surface area contributed by atoms with Crippen molar-refractivity contribution in [1.29, 1.82) is 0 Å². The molecule has 0 spiro atoms. The molecule has 1 aromatic rings. The number of allylic oxidation sites excluding steroid dienone is 4. The summed E-state index contributed by atoms with van der Waals surface area (Å²) in [7, 11) is 0. The van der Waals surface area contributed by atoms with Crippen LogP contribution in [0.15, 0.2) is 54.3 Å². The molecule has 0 heterocycles. The minimum Gasteiger partial charge on any atom is -0.431 e. The number of ether oxygens (including phenoxy) is 1. The van der Waals surface area contributed by atoms with Crippen molar-refractivity contribution in [3.8, 4) is 0 Å². The summed E-state index contributed by atoms with van der Waals surface area (Å²) in [6.45, 7) is 6.22. The van der Waals surface area contributed by atoms with Gasteiger partial charge < -0.3 is 4.74 Å². The van der Waals surface area contributed by atoms with Gasteiger partial charge in [0.25, 0.3) is 0 Å². The van der Waals surface area contributed by atoms with Gasteiger partial charge >= 0.3 is 5.97 Å². The minimum atomic E-state index is -0.222. The van der Waals surface area contributed by atoms with Crippen molar-refractivity contribution in [2.24, 2.45) is 5.92 Å². The topological polar surface area (TPSA) is 26.3 Å². The van der Waals surface area contributed by atoms with Crippen LogP contribution in [0.4, 0.5) is 0 Å². The van der Waals surface area contributed by atoms with Gasteiger partial charge in [-0.25, -0.2) is 0 Å². The number of hydrogen-bond donors (Lipinski definition) is 0. The summed E-state index contributed by atoms with van der Waals surface area (Å²) >= 11 is 0. The fourth-order valence-corrected chi connectivity index (χ4v) is 1.74. The van der Waals surface area contributed by atoms with Crippen molar-refractivity contribution in [2.75, 3.05) is 0 Å². The Balaban J connectivity index is 2.34. The summed E-state index contributed by atoms with van der Waals surface area (Å²) in [5.41, 5.74) is 0.970. The third kappa shape index (κ3) is 7.57. The summed E-state index contributed by atoms with van der Waals surface area (Å²) < 4.78 is 5.25. The zero-order valence-electron chi connectivity index (χ0n) is 12.6. The highest BCUT2D eigenvalue weighted by Gasteiger charge is 2.04. The highest BCUT2D eigenvalue weighted by atomic mass is 16.5. The number of carbonyl (C=O) groups is 1. The molecule has 0 aromatic heterocycles. The van der Waals surface area contributed by atoms with Crippen LogP contribution < -0.4 is 0 Å². The third-order valence-corrected chi connectivity index (χ3v) is 2.84. The van der Waals surface area contributed by atoms with E-state index in [2.05, 4.69) is 19.9 Å². The van der Waals surface area contributed by atoms with Crippen molar-refractivity contribution in [3.05, 3.63) is 59.9 Å². The van der Waals surface area contributed by atoms with Crippen LogP contribution in [-0.2, 0) is 16.0 Å². The van der Waals surface area contributed by atoms with Gasteiger partial charge in [-0.3, -0.25) is 4.79 Å². The molecule has 0 saturated heterocycles. The molecule has 1 aromatic carbocycles. The Labute approximate surface area is 122 Å². The summed E-state index contributed by atoms with van der Waals surface area (Å²) in [5, 5.41) is 0. The molecule has 0 atom stereocenters. The Morgan fingerprint density at radius 3 is 2.60 bits per heavy atom. The Bertz CT molecular complexity index is 456. The van der Waals surface area contributed by atoms with E-state index in [4.69, 9.17) is 4.74 Å². The van der Waals surface area contributed by atoms with Crippen molar-refractivity contribution < 1.29 is 9.53 Å². The first-order chi connectivity index (χ1) is 9.58. The summed E-state index contributed by atoms with van der Waals surface area (Å²) in [4.78, 5) is 11.7. The Hall–Kier alpha value is -1.83. The second-order valence-electron chi connectivity index (χ2n) is 5.31. The zero-order chi connectivity index (χ0) is 14.8. The molecule has 0 bridgehead atoms. The van der Waals surface area contributed by atoms with Gasteiger partial charge in [0.05, 0.1) is 6.42 Å². The largest absolute Gasteiger partial charge is 0.431 e. The molecule has 2 nitrogen and oxygen atoms in total. The average molecular weight is 272 g/mol. The molecule has 2 heteroatoms. The first-order valence-electron chi connectivity index (χ1n) is 7.16. The SMILES string of the molecule is C/C(=C\C=C\CCC(C)C)OC(=O)Cc1ccccc1. The van der Waals surface area contributed by atoms with E-state index >= 15 is 0 Å². The van der Waals surface area contributed by atoms with Crippen molar-refractivity contribution >= 4 is 5.97 Å². The maximum Gasteiger partial charge on any atom is 0.315 e. The monoisotopic (exact) mass is 272 g/mol. The van der Waals surface area contributed by atoms with Crippen LogP contribution in [0.2, 0.25) is 0 Å². The van der Waals surface area contributed by atoms with Gasteiger partial charge in [0.2, 0.25) is 0 Å². The fraction of sp³-hybridized carbons (Fsp3) is 0.389. The first-order valence-corrected chi connectivity index (χ1v) is 7.16. The number of hydrogen-bond acceptors (Lipinski definition) is 2. The lowest BCUT2D eigenvalue weighted by Crippen LogP contribution is -2.06. The smallest absolute Gasteiger partial charge is 0.315 e. The van der Waals surface area contributed by atoms with E-state index in [1.165, 1.54) is 6.42 Å². The quantitative estimate of drug-likeness (QED) is 0.409. The molecule has 0 amide bonds. The summed E-state index contributed by atoms with van der Waals surface area (Å²) in [5.74, 6) is 1.13. The molecule has 0 aliphatic carbocycles. The number of rotatable bonds is 7.